The number of nitrogens with zero attached hydrogens (tertiary/aromatic N) is 2. The first-order chi connectivity index (χ1) is 5.95. The molecule has 0 aliphatic heterocycles. The van der Waals surface area contributed by atoms with Crippen molar-refractivity contribution in [2.45, 2.75) is 0 Å². The van der Waals surface area contributed by atoms with Crippen LogP contribution in [0.5, 0.6) is 0 Å². The zero-order valence-electron chi connectivity index (χ0n) is 6.11. The van der Waals surface area contributed by atoms with Crippen LogP contribution in [0.3, 0.4) is 0 Å². The van der Waals surface area contributed by atoms with E-state index in [1.54, 1.807) is 17.5 Å². The molecule has 3 heterocycles. The average Bonchev–Trinajstić information content (AvgIpc) is 2.62. The van der Waals surface area contributed by atoms with Gasteiger partial charge in [0, 0.05) is 17.8 Å². The van der Waals surface area contributed by atoms with Crippen molar-refractivity contribution in [1.29, 1.82) is 0 Å². The predicted molar refractivity (Wildman–Crippen MR) is 49.3 cm³/mol. The molecule has 0 amide bonds. The van der Waals surface area contributed by atoms with E-state index in [4.69, 9.17) is 0 Å². The highest BCUT2D eigenvalue weighted by atomic mass is 32.1. The van der Waals surface area contributed by atoms with Gasteiger partial charge >= 0.3 is 0 Å². The van der Waals surface area contributed by atoms with E-state index < -0.39 is 0 Å². The molecule has 3 aromatic rings. The van der Waals surface area contributed by atoms with E-state index in [0.29, 0.717) is 0 Å². The Hall–Kier alpha value is -1.42. The van der Waals surface area contributed by atoms with Gasteiger partial charge in [-0.25, -0.2) is 4.98 Å². The number of nitrogens with one attached hydrogen (secondary N) is 1. The molecule has 3 rings (SSSR count). The van der Waals surface area contributed by atoms with Crippen LogP contribution in [0.2, 0.25) is 0 Å². The summed E-state index contributed by atoms with van der Waals surface area (Å²) >= 11 is 1.64. The summed E-state index contributed by atoms with van der Waals surface area (Å²) in [6, 6.07) is 1.96. The molecule has 12 heavy (non-hydrogen) atoms. The Balaban J connectivity index is 2.68. The lowest BCUT2D eigenvalue weighted by molar-refractivity contribution is 1.35. The molecule has 0 saturated heterocycles. The van der Waals surface area contributed by atoms with Crippen LogP contribution in [0, 0.1) is 0 Å². The highest BCUT2D eigenvalue weighted by molar-refractivity contribution is 7.17. The van der Waals surface area contributed by atoms with Crippen molar-refractivity contribution in [2.75, 3.05) is 0 Å². The maximum atomic E-state index is 4.19. The maximum Gasteiger partial charge on any atom is 0.149 e. The van der Waals surface area contributed by atoms with Crippen LogP contribution in [0.1, 0.15) is 0 Å². The first-order valence-electron chi connectivity index (χ1n) is 3.60. The zero-order chi connectivity index (χ0) is 7.97. The lowest BCUT2D eigenvalue weighted by Crippen LogP contribution is -1.69. The van der Waals surface area contributed by atoms with Crippen LogP contribution in [-0.2, 0) is 0 Å². The van der Waals surface area contributed by atoms with Gasteiger partial charge in [-0.05, 0) is 6.07 Å². The second-order valence-electron chi connectivity index (χ2n) is 2.58. The van der Waals surface area contributed by atoms with E-state index in [1.807, 2.05) is 17.8 Å². The molecule has 0 spiro atoms. The molecular formula is C8H5N3S. The Morgan fingerprint density at radius 3 is 3.42 bits per heavy atom. The molecule has 0 atom stereocenters. The summed E-state index contributed by atoms with van der Waals surface area (Å²) in [6.07, 6.45) is 3.65. The van der Waals surface area contributed by atoms with Crippen LogP contribution in [-0.4, -0.2) is 15.0 Å². The molecule has 0 saturated carbocycles. The highest BCUT2D eigenvalue weighted by Crippen LogP contribution is 2.26. The molecule has 1 N–H and O–H groups in total. The summed E-state index contributed by atoms with van der Waals surface area (Å²) in [4.78, 5) is 11.5. The number of pyridine rings is 1. The van der Waals surface area contributed by atoms with E-state index in [1.165, 1.54) is 4.70 Å². The van der Waals surface area contributed by atoms with Crippen LogP contribution < -0.4 is 0 Å². The Morgan fingerprint density at radius 1 is 1.42 bits per heavy atom. The number of H-pyrrole nitrogens is 1. The van der Waals surface area contributed by atoms with Crippen LogP contribution in [0.4, 0.5) is 0 Å². The SMILES string of the molecule is c1cc2[nH]c3ncsc3c2cn1. The first-order valence-corrected chi connectivity index (χ1v) is 4.48. The molecular weight excluding hydrogens is 170 g/mol. The molecule has 0 aliphatic rings. The molecule has 58 valence electrons. The Bertz CT molecular complexity index is 536. The molecule has 3 aromatic heterocycles. The number of aromatic nitrogens is 3. The molecule has 0 aromatic carbocycles. The van der Waals surface area contributed by atoms with Crippen molar-refractivity contribution >= 4 is 32.6 Å². The zero-order valence-corrected chi connectivity index (χ0v) is 6.93. The molecule has 0 radical (unpaired) electrons. The standard InChI is InChI=1S/C8H5N3S/c1-2-9-3-5-6(1)11-8-7(5)12-4-10-8/h1-4,11H. The van der Waals surface area contributed by atoms with Gasteiger partial charge in [0.05, 0.1) is 15.7 Å². The normalized spacial score (nSPS) is 11.3. The summed E-state index contributed by atoms with van der Waals surface area (Å²) < 4.78 is 1.19. The van der Waals surface area contributed by atoms with Crippen molar-refractivity contribution in [2.24, 2.45) is 0 Å². The smallest absolute Gasteiger partial charge is 0.149 e. The number of rotatable bonds is 0. The highest BCUT2D eigenvalue weighted by Gasteiger charge is 2.04. The van der Waals surface area contributed by atoms with Crippen molar-refractivity contribution in [3.05, 3.63) is 24.0 Å². The van der Waals surface area contributed by atoms with E-state index in [2.05, 4.69) is 15.0 Å². The first kappa shape index (κ1) is 6.14. The summed E-state index contributed by atoms with van der Waals surface area (Å²) in [5.41, 5.74) is 3.91. The molecule has 0 unspecified atom stereocenters. The third-order valence-electron chi connectivity index (χ3n) is 1.89. The van der Waals surface area contributed by atoms with Gasteiger partial charge in [-0.3, -0.25) is 4.98 Å². The van der Waals surface area contributed by atoms with Gasteiger partial charge in [-0.15, -0.1) is 11.3 Å². The quantitative estimate of drug-likeness (QED) is 0.569. The molecule has 4 heteroatoms. The lowest BCUT2D eigenvalue weighted by Gasteiger charge is -1.84. The van der Waals surface area contributed by atoms with E-state index >= 15 is 0 Å². The third-order valence-corrected chi connectivity index (χ3v) is 2.75. The molecule has 0 bridgehead atoms. The van der Waals surface area contributed by atoms with E-state index in [9.17, 15) is 0 Å². The number of aromatic amines is 1. The summed E-state index contributed by atoms with van der Waals surface area (Å²) in [5.74, 6) is 0. The molecule has 0 aliphatic carbocycles. The third kappa shape index (κ3) is 0.648. The summed E-state index contributed by atoms with van der Waals surface area (Å²) in [6.45, 7) is 0. The largest absolute Gasteiger partial charge is 0.338 e. The Morgan fingerprint density at radius 2 is 2.42 bits per heavy atom. The fraction of sp³-hybridized carbons (Fsp3) is 0. The lowest BCUT2D eigenvalue weighted by atomic mass is 10.3. The molecule has 0 fully saturated rings. The van der Waals surface area contributed by atoms with Gasteiger partial charge in [-0.1, -0.05) is 0 Å². The topological polar surface area (TPSA) is 41.6 Å². The summed E-state index contributed by atoms with van der Waals surface area (Å²) in [7, 11) is 0. The molecule has 3 nitrogen and oxygen atoms in total. The second kappa shape index (κ2) is 2.04. The van der Waals surface area contributed by atoms with Crippen molar-refractivity contribution < 1.29 is 0 Å². The van der Waals surface area contributed by atoms with Crippen LogP contribution in [0.25, 0.3) is 21.3 Å². The van der Waals surface area contributed by atoms with Gasteiger partial charge in [0.15, 0.2) is 0 Å². The van der Waals surface area contributed by atoms with Gasteiger partial charge in [0.25, 0.3) is 0 Å². The van der Waals surface area contributed by atoms with Crippen molar-refractivity contribution in [1.82, 2.24) is 15.0 Å². The maximum absolute atomic E-state index is 4.19. The Labute approximate surface area is 72.1 Å². The monoisotopic (exact) mass is 175 g/mol. The van der Waals surface area contributed by atoms with Gasteiger partial charge in [-0.2, -0.15) is 0 Å². The van der Waals surface area contributed by atoms with Crippen molar-refractivity contribution in [3.8, 4) is 0 Å². The predicted octanol–water partition coefficient (Wildman–Crippen LogP) is 2.17. The second-order valence-corrected chi connectivity index (χ2v) is 3.43. The fourth-order valence-corrected chi connectivity index (χ4v) is 2.11. The Kier molecular flexibility index (Phi) is 1.04. The minimum atomic E-state index is 0.961. The van der Waals surface area contributed by atoms with Gasteiger partial charge < -0.3 is 4.98 Å². The van der Waals surface area contributed by atoms with Crippen molar-refractivity contribution in [3.63, 3.8) is 0 Å². The fourth-order valence-electron chi connectivity index (χ4n) is 1.34. The minimum Gasteiger partial charge on any atom is -0.338 e. The minimum absolute atomic E-state index is 0.961. The average molecular weight is 175 g/mol. The van der Waals surface area contributed by atoms with Gasteiger partial charge in [0.2, 0.25) is 0 Å². The number of fused-ring (bicyclic) bond motifs is 3. The number of thiazole rings is 1. The van der Waals surface area contributed by atoms with Crippen LogP contribution >= 0.6 is 11.3 Å². The number of hydrogen-bond acceptors (Lipinski definition) is 3. The number of hydrogen-bond donors (Lipinski definition) is 1. The van der Waals surface area contributed by atoms with E-state index in [-0.39, 0.29) is 0 Å². The van der Waals surface area contributed by atoms with Crippen LogP contribution in [0.15, 0.2) is 24.0 Å². The summed E-state index contributed by atoms with van der Waals surface area (Å²) in [5, 5.41) is 1.16. The van der Waals surface area contributed by atoms with E-state index in [0.717, 1.165) is 16.6 Å². The van der Waals surface area contributed by atoms with Gasteiger partial charge in [0.1, 0.15) is 5.65 Å².